The van der Waals surface area contributed by atoms with Crippen LogP contribution in [0.3, 0.4) is 0 Å². The van der Waals surface area contributed by atoms with E-state index in [-0.39, 0.29) is 17.9 Å². The molecule has 0 fully saturated rings. The van der Waals surface area contributed by atoms with E-state index in [0.29, 0.717) is 28.2 Å². The van der Waals surface area contributed by atoms with Crippen molar-refractivity contribution in [1.82, 2.24) is 24.5 Å². The second-order valence-corrected chi connectivity index (χ2v) is 8.46. The lowest BCUT2D eigenvalue weighted by Crippen LogP contribution is -2.35. The lowest BCUT2D eigenvalue weighted by Gasteiger charge is -2.10. The van der Waals surface area contributed by atoms with E-state index < -0.39 is 11.5 Å². The van der Waals surface area contributed by atoms with Crippen LogP contribution < -0.4 is 15.7 Å². The molecule has 0 aliphatic carbocycles. The van der Waals surface area contributed by atoms with Crippen molar-refractivity contribution in [3.05, 3.63) is 101 Å². The Kier molecular flexibility index (Phi) is 5.33. The van der Waals surface area contributed by atoms with E-state index in [4.69, 9.17) is 4.74 Å². The number of hydrogen-bond donors (Lipinski definition) is 1. The van der Waals surface area contributed by atoms with E-state index in [0.717, 1.165) is 21.0 Å². The van der Waals surface area contributed by atoms with Crippen molar-refractivity contribution < 1.29 is 13.9 Å². The molecule has 0 radical (unpaired) electrons. The quantitative estimate of drug-likeness (QED) is 0.391. The van der Waals surface area contributed by atoms with Gasteiger partial charge in [0.05, 0.1) is 11.3 Å². The van der Waals surface area contributed by atoms with Crippen LogP contribution in [0.15, 0.2) is 83.8 Å². The zero-order chi connectivity index (χ0) is 25.5. The van der Waals surface area contributed by atoms with E-state index in [9.17, 15) is 14.0 Å². The Balaban J connectivity index is 1.26. The summed E-state index contributed by atoms with van der Waals surface area (Å²) >= 11 is 0. The summed E-state index contributed by atoms with van der Waals surface area (Å²) in [6.45, 7) is 1.52. The van der Waals surface area contributed by atoms with Crippen LogP contribution in [0.2, 0.25) is 0 Å². The van der Waals surface area contributed by atoms with Crippen molar-refractivity contribution >= 4 is 33.4 Å². The van der Waals surface area contributed by atoms with E-state index in [2.05, 4.69) is 20.7 Å². The minimum atomic E-state index is -0.567. The minimum absolute atomic E-state index is 0.0268. The highest BCUT2D eigenvalue weighted by atomic mass is 19.1. The average Bonchev–Trinajstić information content (AvgIpc) is 3.25. The maximum atomic E-state index is 13.4. The van der Waals surface area contributed by atoms with Gasteiger partial charge in [-0.15, -0.1) is 10.2 Å². The van der Waals surface area contributed by atoms with Gasteiger partial charge in [-0.25, -0.2) is 13.6 Å². The fraction of sp³-hybridized carbons (Fsp3) is 0.0741. The molecule has 10 heteroatoms. The first-order chi connectivity index (χ1) is 18.0. The van der Waals surface area contributed by atoms with Crippen molar-refractivity contribution in [3.8, 4) is 16.9 Å². The summed E-state index contributed by atoms with van der Waals surface area (Å²) in [7, 11) is 0. The third kappa shape index (κ3) is 4.04. The SMILES string of the molecule is Cc1nn2c(nnc3c(=O)n(NC(=O)COc4ccc5ccccc5c4)ccc32)c1-c1ccc(F)cc1. The summed E-state index contributed by atoms with van der Waals surface area (Å²) < 4.78 is 21.6. The van der Waals surface area contributed by atoms with Gasteiger partial charge in [-0.3, -0.25) is 15.0 Å². The molecular formula is C27H19FN6O3. The molecule has 0 aliphatic heterocycles. The van der Waals surface area contributed by atoms with Gasteiger partial charge in [-0.1, -0.05) is 42.5 Å². The van der Waals surface area contributed by atoms with Gasteiger partial charge in [0.2, 0.25) is 0 Å². The van der Waals surface area contributed by atoms with Crippen molar-refractivity contribution in [2.45, 2.75) is 6.92 Å². The number of benzene rings is 3. The lowest BCUT2D eigenvalue weighted by molar-refractivity contribution is -0.119. The first-order valence-electron chi connectivity index (χ1n) is 11.4. The Morgan fingerprint density at radius 3 is 2.59 bits per heavy atom. The molecule has 1 N–H and O–H groups in total. The Morgan fingerprint density at radius 2 is 1.78 bits per heavy atom. The van der Waals surface area contributed by atoms with Gasteiger partial charge in [0, 0.05) is 6.20 Å². The van der Waals surface area contributed by atoms with Gasteiger partial charge < -0.3 is 4.74 Å². The van der Waals surface area contributed by atoms with Crippen molar-refractivity contribution in [3.63, 3.8) is 0 Å². The monoisotopic (exact) mass is 494 g/mol. The fourth-order valence-corrected chi connectivity index (χ4v) is 4.27. The number of pyridine rings is 1. The third-order valence-electron chi connectivity index (χ3n) is 6.02. The molecule has 37 heavy (non-hydrogen) atoms. The van der Waals surface area contributed by atoms with Crippen LogP contribution in [-0.4, -0.2) is 37.0 Å². The first-order valence-corrected chi connectivity index (χ1v) is 11.4. The first kappa shape index (κ1) is 22.4. The summed E-state index contributed by atoms with van der Waals surface area (Å²) in [6.07, 6.45) is 1.42. The van der Waals surface area contributed by atoms with Gasteiger partial charge in [0.1, 0.15) is 17.1 Å². The molecule has 0 spiro atoms. The number of aryl methyl sites for hydroxylation is 1. The molecule has 0 atom stereocenters. The van der Waals surface area contributed by atoms with Crippen molar-refractivity contribution in [2.24, 2.45) is 0 Å². The van der Waals surface area contributed by atoms with Crippen LogP contribution in [-0.2, 0) is 4.79 Å². The van der Waals surface area contributed by atoms with E-state index in [1.54, 1.807) is 31.2 Å². The molecule has 0 saturated carbocycles. The standard InChI is InChI=1S/C27H19FN6O3/c1-16-24(18-6-9-20(28)10-7-18)26-30-29-25-22(34(26)31-16)12-13-33(27(25)36)32-23(35)15-37-21-11-8-17-4-2-3-5-19(17)14-21/h2-14H,15H2,1H3,(H,32,35). The number of rotatable bonds is 5. The Labute approximate surface area is 208 Å². The lowest BCUT2D eigenvalue weighted by atomic mass is 10.1. The number of carbonyl (C=O) groups excluding carboxylic acids is 1. The molecule has 0 unspecified atom stereocenters. The highest BCUT2D eigenvalue weighted by molar-refractivity contribution is 5.87. The molecule has 6 rings (SSSR count). The number of nitrogens with one attached hydrogen (secondary N) is 1. The maximum Gasteiger partial charge on any atom is 0.299 e. The third-order valence-corrected chi connectivity index (χ3v) is 6.02. The number of aromatic nitrogens is 5. The molecule has 3 aromatic heterocycles. The number of carbonyl (C=O) groups is 1. The fourth-order valence-electron chi connectivity index (χ4n) is 4.27. The molecule has 0 aliphatic rings. The highest BCUT2D eigenvalue weighted by Gasteiger charge is 2.18. The summed E-state index contributed by atoms with van der Waals surface area (Å²) in [4.78, 5) is 25.6. The van der Waals surface area contributed by atoms with Crippen molar-refractivity contribution in [1.29, 1.82) is 0 Å². The number of ether oxygens (including phenoxy) is 1. The molecule has 0 bridgehead atoms. The topological polar surface area (TPSA) is 103 Å². The second kappa shape index (κ2) is 8.83. The normalized spacial score (nSPS) is 11.3. The highest BCUT2D eigenvalue weighted by Crippen LogP contribution is 2.28. The maximum absolute atomic E-state index is 13.4. The molecule has 0 saturated heterocycles. The molecular weight excluding hydrogens is 475 g/mol. The van der Waals surface area contributed by atoms with E-state index in [1.807, 2.05) is 36.4 Å². The van der Waals surface area contributed by atoms with Crippen LogP contribution in [0.4, 0.5) is 4.39 Å². The molecule has 3 heterocycles. The minimum Gasteiger partial charge on any atom is -0.484 e. The van der Waals surface area contributed by atoms with Crippen LogP contribution >= 0.6 is 0 Å². The molecule has 1 amide bonds. The summed E-state index contributed by atoms with van der Waals surface area (Å²) in [5, 5.41) is 14.9. The number of nitrogens with zero attached hydrogens (tertiary/aromatic N) is 5. The van der Waals surface area contributed by atoms with Crippen LogP contribution in [0.25, 0.3) is 38.6 Å². The van der Waals surface area contributed by atoms with Crippen molar-refractivity contribution in [2.75, 3.05) is 12.0 Å². The number of fused-ring (bicyclic) bond motifs is 4. The average molecular weight is 494 g/mol. The number of halogens is 1. The smallest absolute Gasteiger partial charge is 0.299 e. The molecule has 182 valence electrons. The Bertz CT molecular complexity index is 1880. The second-order valence-electron chi connectivity index (χ2n) is 8.46. The van der Waals surface area contributed by atoms with Gasteiger partial charge in [0.25, 0.3) is 11.5 Å². The summed E-state index contributed by atoms with van der Waals surface area (Å²) in [6, 6.07) is 21.0. The summed E-state index contributed by atoms with van der Waals surface area (Å²) in [5.74, 6) is -0.323. The predicted molar refractivity (Wildman–Crippen MR) is 136 cm³/mol. The molecule has 9 nitrogen and oxygen atoms in total. The van der Waals surface area contributed by atoms with Gasteiger partial charge in [0.15, 0.2) is 17.8 Å². The molecule has 6 aromatic rings. The number of amides is 1. The predicted octanol–water partition coefficient (Wildman–Crippen LogP) is 3.86. The zero-order valence-electron chi connectivity index (χ0n) is 19.6. The van der Waals surface area contributed by atoms with Crippen LogP contribution in [0, 0.1) is 12.7 Å². The Hall–Kier alpha value is -5.12. The van der Waals surface area contributed by atoms with Gasteiger partial charge in [-0.2, -0.15) is 5.10 Å². The van der Waals surface area contributed by atoms with Gasteiger partial charge >= 0.3 is 0 Å². The van der Waals surface area contributed by atoms with E-state index in [1.165, 1.54) is 22.8 Å². The van der Waals surface area contributed by atoms with Crippen LogP contribution in [0.5, 0.6) is 5.75 Å². The van der Waals surface area contributed by atoms with Crippen LogP contribution in [0.1, 0.15) is 5.69 Å². The molecule has 3 aromatic carbocycles. The zero-order valence-corrected chi connectivity index (χ0v) is 19.6. The van der Waals surface area contributed by atoms with Gasteiger partial charge in [-0.05, 0) is 53.6 Å². The largest absolute Gasteiger partial charge is 0.484 e. The number of hydrogen-bond acceptors (Lipinski definition) is 6. The van der Waals surface area contributed by atoms with E-state index >= 15 is 0 Å². The summed E-state index contributed by atoms with van der Waals surface area (Å²) in [5.41, 5.74) is 4.90. The Morgan fingerprint density at radius 1 is 1.00 bits per heavy atom.